The molecule has 0 aromatic heterocycles. The van der Waals surface area contributed by atoms with E-state index in [9.17, 15) is 9.59 Å². The molecule has 0 rings (SSSR count). The minimum Gasteiger partial charge on any atom is -0.466 e. The Morgan fingerprint density at radius 3 is 2.05 bits per heavy atom. The molecule has 0 radical (unpaired) electrons. The summed E-state index contributed by atoms with van der Waals surface area (Å²) in [4.78, 5) is 22.9. The van der Waals surface area contributed by atoms with E-state index in [0.717, 1.165) is 25.7 Å². The van der Waals surface area contributed by atoms with Crippen molar-refractivity contribution >= 4 is 11.9 Å². The maximum Gasteiger partial charge on any atom is 0.305 e. The summed E-state index contributed by atoms with van der Waals surface area (Å²) in [5, 5.41) is 0. The smallest absolute Gasteiger partial charge is 0.305 e. The lowest BCUT2D eigenvalue weighted by atomic mass is 10.1. The van der Waals surface area contributed by atoms with Crippen LogP contribution in [0.5, 0.6) is 0 Å². The summed E-state index contributed by atoms with van der Waals surface area (Å²) in [6.45, 7) is 7.32. The van der Waals surface area contributed by atoms with Gasteiger partial charge in [0.25, 0.3) is 0 Å². The first kappa shape index (κ1) is 20.7. The minimum absolute atomic E-state index is 0.165. The van der Waals surface area contributed by atoms with Crippen LogP contribution in [0.1, 0.15) is 72.1 Å². The molecule has 0 saturated heterocycles. The maximum atomic E-state index is 11.5. The highest BCUT2D eigenvalue weighted by molar-refractivity contribution is 5.70. The van der Waals surface area contributed by atoms with Crippen LogP contribution in [0.2, 0.25) is 0 Å². The Balaban J connectivity index is 3.41. The largest absolute Gasteiger partial charge is 0.466 e. The Bertz CT molecular complexity index is 321. The predicted octanol–water partition coefficient (Wildman–Crippen LogP) is 4.43. The molecule has 0 saturated carbocycles. The van der Waals surface area contributed by atoms with E-state index in [4.69, 9.17) is 9.47 Å². The van der Waals surface area contributed by atoms with Crippen LogP contribution in [-0.4, -0.2) is 25.2 Å². The zero-order chi connectivity index (χ0) is 16.6. The average molecular weight is 312 g/mol. The number of carbonyl (C=O) groups excluding carboxylic acids is 2. The second-order valence-electron chi connectivity index (χ2n) is 5.85. The summed E-state index contributed by atoms with van der Waals surface area (Å²) in [5.74, 6) is 0.291. The van der Waals surface area contributed by atoms with Gasteiger partial charge in [0.15, 0.2) is 0 Å². The number of carbonyl (C=O) groups is 2. The molecule has 0 heterocycles. The molecule has 0 aromatic carbocycles. The Kier molecular flexibility index (Phi) is 13.7. The van der Waals surface area contributed by atoms with Gasteiger partial charge in [0.2, 0.25) is 0 Å². The maximum absolute atomic E-state index is 11.5. The lowest BCUT2D eigenvalue weighted by Gasteiger charge is -2.06. The third kappa shape index (κ3) is 15.1. The van der Waals surface area contributed by atoms with Crippen molar-refractivity contribution in [2.24, 2.45) is 5.92 Å². The SMILES string of the molecule is CC/C=C\CCOC(=O)CCCCC(=O)OCCCC(C)C. The number of allylic oxidation sites excluding steroid dienone is 1. The summed E-state index contributed by atoms with van der Waals surface area (Å²) in [5.41, 5.74) is 0. The first-order valence-corrected chi connectivity index (χ1v) is 8.52. The number of rotatable bonds is 13. The Hall–Kier alpha value is -1.32. The molecule has 0 aromatic rings. The van der Waals surface area contributed by atoms with Gasteiger partial charge in [0.1, 0.15) is 0 Å². The van der Waals surface area contributed by atoms with Crippen LogP contribution in [0.15, 0.2) is 12.2 Å². The molecule has 0 spiro atoms. The molecule has 22 heavy (non-hydrogen) atoms. The highest BCUT2D eigenvalue weighted by Gasteiger charge is 2.06. The number of unbranched alkanes of at least 4 members (excludes halogenated alkanes) is 1. The third-order valence-electron chi connectivity index (χ3n) is 3.15. The molecule has 0 unspecified atom stereocenters. The Morgan fingerprint density at radius 1 is 0.909 bits per heavy atom. The van der Waals surface area contributed by atoms with Gasteiger partial charge in [0.05, 0.1) is 13.2 Å². The van der Waals surface area contributed by atoms with E-state index in [1.165, 1.54) is 0 Å². The molecule has 4 heteroatoms. The monoisotopic (exact) mass is 312 g/mol. The van der Waals surface area contributed by atoms with E-state index in [1.54, 1.807) is 0 Å². The topological polar surface area (TPSA) is 52.6 Å². The van der Waals surface area contributed by atoms with Crippen molar-refractivity contribution in [2.75, 3.05) is 13.2 Å². The van der Waals surface area contributed by atoms with Gasteiger partial charge in [-0.15, -0.1) is 0 Å². The highest BCUT2D eigenvalue weighted by atomic mass is 16.5. The van der Waals surface area contributed by atoms with E-state index < -0.39 is 0 Å². The van der Waals surface area contributed by atoms with Gasteiger partial charge in [-0.2, -0.15) is 0 Å². The molecule has 0 N–H and O–H groups in total. The van der Waals surface area contributed by atoms with Gasteiger partial charge in [-0.1, -0.05) is 32.9 Å². The fourth-order valence-electron chi connectivity index (χ4n) is 1.89. The van der Waals surface area contributed by atoms with E-state index in [0.29, 0.717) is 44.8 Å². The number of ether oxygens (including phenoxy) is 2. The van der Waals surface area contributed by atoms with E-state index in [2.05, 4.69) is 26.8 Å². The molecule has 128 valence electrons. The van der Waals surface area contributed by atoms with E-state index in [-0.39, 0.29) is 11.9 Å². The summed E-state index contributed by atoms with van der Waals surface area (Å²) >= 11 is 0. The molecule has 0 bridgehead atoms. The molecular weight excluding hydrogens is 280 g/mol. The van der Waals surface area contributed by atoms with Crippen molar-refractivity contribution in [3.63, 3.8) is 0 Å². The van der Waals surface area contributed by atoms with Crippen LogP contribution < -0.4 is 0 Å². The van der Waals surface area contributed by atoms with Crippen LogP contribution in [0.25, 0.3) is 0 Å². The van der Waals surface area contributed by atoms with Crippen molar-refractivity contribution in [3.05, 3.63) is 12.2 Å². The zero-order valence-electron chi connectivity index (χ0n) is 14.4. The lowest BCUT2D eigenvalue weighted by Crippen LogP contribution is -2.08. The van der Waals surface area contributed by atoms with Crippen molar-refractivity contribution in [1.29, 1.82) is 0 Å². The quantitative estimate of drug-likeness (QED) is 0.287. The second kappa shape index (κ2) is 14.6. The van der Waals surface area contributed by atoms with Crippen LogP contribution >= 0.6 is 0 Å². The van der Waals surface area contributed by atoms with Crippen molar-refractivity contribution in [1.82, 2.24) is 0 Å². The third-order valence-corrected chi connectivity index (χ3v) is 3.15. The number of hydrogen-bond donors (Lipinski definition) is 0. The van der Waals surface area contributed by atoms with Crippen LogP contribution in [0.3, 0.4) is 0 Å². The summed E-state index contributed by atoms with van der Waals surface area (Å²) in [6.07, 6.45) is 9.94. The average Bonchev–Trinajstić information content (AvgIpc) is 2.47. The van der Waals surface area contributed by atoms with Gasteiger partial charge in [-0.3, -0.25) is 9.59 Å². The van der Waals surface area contributed by atoms with Gasteiger partial charge in [-0.05, 0) is 44.4 Å². The minimum atomic E-state index is -0.185. The normalized spacial score (nSPS) is 11.1. The molecule has 0 fully saturated rings. The summed E-state index contributed by atoms with van der Waals surface area (Å²) < 4.78 is 10.2. The first-order valence-electron chi connectivity index (χ1n) is 8.52. The van der Waals surface area contributed by atoms with Gasteiger partial charge in [-0.25, -0.2) is 0 Å². The molecule has 0 aliphatic heterocycles. The van der Waals surface area contributed by atoms with Crippen molar-refractivity contribution in [2.45, 2.75) is 72.1 Å². The molecule has 0 atom stereocenters. The Labute approximate surface area is 135 Å². The van der Waals surface area contributed by atoms with Crippen LogP contribution in [-0.2, 0) is 19.1 Å². The first-order chi connectivity index (χ1) is 10.6. The Morgan fingerprint density at radius 2 is 1.50 bits per heavy atom. The van der Waals surface area contributed by atoms with Crippen LogP contribution in [0.4, 0.5) is 0 Å². The van der Waals surface area contributed by atoms with E-state index in [1.807, 2.05) is 6.08 Å². The molecule has 0 aliphatic rings. The second-order valence-corrected chi connectivity index (χ2v) is 5.85. The van der Waals surface area contributed by atoms with Crippen molar-refractivity contribution in [3.8, 4) is 0 Å². The van der Waals surface area contributed by atoms with Crippen molar-refractivity contribution < 1.29 is 19.1 Å². The number of esters is 2. The van der Waals surface area contributed by atoms with Crippen LogP contribution in [0, 0.1) is 5.92 Å². The standard InChI is InChI=1S/C18H32O4/c1-4-5-6-9-14-21-17(19)12-7-8-13-18(20)22-15-10-11-16(2)3/h5-6,16H,4,7-15H2,1-3H3/b6-5-. The molecule has 4 nitrogen and oxygen atoms in total. The molecular formula is C18H32O4. The fraction of sp³-hybridized carbons (Fsp3) is 0.778. The molecule has 0 amide bonds. The van der Waals surface area contributed by atoms with Gasteiger partial charge < -0.3 is 9.47 Å². The zero-order valence-corrected chi connectivity index (χ0v) is 14.4. The number of hydrogen-bond acceptors (Lipinski definition) is 4. The van der Waals surface area contributed by atoms with E-state index >= 15 is 0 Å². The highest BCUT2D eigenvalue weighted by Crippen LogP contribution is 2.06. The molecule has 0 aliphatic carbocycles. The lowest BCUT2D eigenvalue weighted by molar-refractivity contribution is -0.146. The summed E-state index contributed by atoms with van der Waals surface area (Å²) in [7, 11) is 0. The summed E-state index contributed by atoms with van der Waals surface area (Å²) in [6, 6.07) is 0. The predicted molar refractivity (Wildman–Crippen MR) is 88.5 cm³/mol. The fourth-order valence-corrected chi connectivity index (χ4v) is 1.89. The van der Waals surface area contributed by atoms with Gasteiger partial charge >= 0.3 is 11.9 Å². The van der Waals surface area contributed by atoms with Gasteiger partial charge in [0, 0.05) is 12.8 Å².